The van der Waals surface area contributed by atoms with E-state index >= 15 is 0 Å². The Morgan fingerprint density at radius 2 is 1.13 bits per heavy atom. The van der Waals surface area contributed by atoms with Crippen LogP contribution in [0.1, 0.15) is 22.9 Å². The molecule has 0 spiro atoms. The van der Waals surface area contributed by atoms with Gasteiger partial charge in [-0.25, -0.2) is 0 Å². The average Bonchev–Trinajstić information content (AvgIpc) is 4.03. The minimum atomic E-state index is -0.480. The van der Waals surface area contributed by atoms with Crippen LogP contribution in [0.5, 0.6) is 0 Å². The summed E-state index contributed by atoms with van der Waals surface area (Å²) in [7, 11) is 0. The second-order valence-electron chi connectivity index (χ2n) is 16.1. The highest BCUT2D eigenvalue weighted by atomic mass is 16.3. The van der Waals surface area contributed by atoms with Crippen molar-refractivity contribution in [2.45, 2.75) is 6.17 Å². The van der Waals surface area contributed by atoms with E-state index in [1.807, 2.05) is 48.5 Å². The molecule has 1 unspecified atom stereocenters. The van der Waals surface area contributed by atoms with Crippen LogP contribution in [-0.2, 0) is 0 Å². The Morgan fingerprint density at radius 1 is 0.429 bits per heavy atom. The highest BCUT2D eigenvalue weighted by Gasteiger charge is 2.20. The van der Waals surface area contributed by atoms with Crippen LogP contribution in [0, 0.1) is 0 Å². The molecule has 0 saturated carbocycles. The van der Waals surface area contributed by atoms with Crippen molar-refractivity contribution in [3.63, 3.8) is 0 Å². The lowest BCUT2D eigenvalue weighted by atomic mass is 9.99. The van der Waals surface area contributed by atoms with Gasteiger partial charge in [0.1, 0.15) is 22.3 Å². The largest absolute Gasteiger partial charge is 0.456 e. The van der Waals surface area contributed by atoms with Crippen molar-refractivity contribution < 1.29 is 8.83 Å². The second-order valence-corrected chi connectivity index (χ2v) is 16.1. The van der Waals surface area contributed by atoms with E-state index in [9.17, 15) is 0 Å². The zero-order chi connectivity index (χ0) is 41.4. The molecular formula is C57H35N4O2-. The number of fused-ring (bicyclic) bond motifs is 9. The molecule has 63 heavy (non-hydrogen) atoms. The van der Waals surface area contributed by atoms with Gasteiger partial charge in [-0.3, -0.25) is 4.99 Å². The fraction of sp³-hybridized carbons (Fsp3) is 0.0175. The molecule has 6 heteroatoms. The maximum absolute atomic E-state index is 6.89. The second kappa shape index (κ2) is 14.0. The summed E-state index contributed by atoms with van der Waals surface area (Å²) in [6.45, 7) is 0. The predicted octanol–water partition coefficient (Wildman–Crippen LogP) is 15.2. The minimum absolute atomic E-state index is 0.480. The van der Waals surface area contributed by atoms with Crippen LogP contribution in [0.3, 0.4) is 0 Å². The molecule has 6 nitrogen and oxygen atoms in total. The summed E-state index contributed by atoms with van der Waals surface area (Å²) in [6, 6.07) is 71.9. The van der Waals surface area contributed by atoms with Gasteiger partial charge in [0.2, 0.25) is 0 Å². The molecule has 0 amide bonds. The number of aliphatic imine (C=N–C) groups is 2. The summed E-state index contributed by atoms with van der Waals surface area (Å²) in [4.78, 5) is 10.3. The Labute approximate surface area is 361 Å². The first-order valence-corrected chi connectivity index (χ1v) is 21.2. The summed E-state index contributed by atoms with van der Waals surface area (Å²) >= 11 is 0. The third kappa shape index (κ3) is 5.73. The Balaban J connectivity index is 0.944. The van der Waals surface area contributed by atoms with Crippen LogP contribution in [0.4, 0.5) is 0 Å². The van der Waals surface area contributed by atoms with Crippen molar-refractivity contribution in [1.29, 1.82) is 0 Å². The van der Waals surface area contributed by atoms with E-state index in [0.717, 1.165) is 88.4 Å². The number of amidine groups is 2. The molecular weight excluding hydrogens is 773 g/mol. The van der Waals surface area contributed by atoms with Gasteiger partial charge in [-0.1, -0.05) is 157 Å². The number of nitrogens with zero attached hydrogens (tertiary/aromatic N) is 4. The molecule has 0 N–H and O–H groups in total. The molecule has 0 aliphatic carbocycles. The molecule has 13 rings (SSSR count). The van der Waals surface area contributed by atoms with E-state index < -0.39 is 6.17 Å². The maximum atomic E-state index is 6.89. The minimum Gasteiger partial charge on any atom is -0.456 e. The van der Waals surface area contributed by atoms with Gasteiger partial charge >= 0.3 is 0 Å². The van der Waals surface area contributed by atoms with Crippen LogP contribution in [0.25, 0.3) is 98.9 Å². The maximum Gasteiger partial charge on any atom is 0.143 e. The van der Waals surface area contributed by atoms with E-state index in [-0.39, 0.29) is 0 Å². The van der Waals surface area contributed by atoms with Crippen LogP contribution < -0.4 is 0 Å². The SMILES string of the molecule is c1ccc(-c2ccc3c(c2)c2ccc(-c4cccc5c4oc4cc(C6=NC(c7cccc8oc9ccccc9c78)=NC(c7ccccc7)[N-]6)ccc45)cc2n3-c2ccccc2)cc1. The molecule has 12 aromatic rings. The monoisotopic (exact) mass is 807 g/mol. The van der Waals surface area contributed by atoms with Crippen molar-refractivity contribution in [3.8, 4) is 27.9 Å². The van der Waals surface area contributed by atoms with Gasteiger partial charge < -0.3 is 23.7 Å². The Hall–Kier alpha value is -8.48. The molecule has 0 bridgehead atoms. The van der Waals surface area contributed by atoms with Gasteiger partial charge in [0.15, 0.2) is 0 Å². The molecule has 296 valence electrons. The van der Waals surface area contributed by atoms with E-state index in [1.165, 1.54) is 21.9 Å². The smallest absolute Gasteiger partial charge is 0.143 e. The molecule has 0 fully saturated rings. The number of hydrogen-bond donors (Lipinski definition) is 0. The number of benzene rings is 9. The molecule has 0 saturated heterocycles. The Morgan fingerprint density at radius 3 is 2.00 bits per heavy atom. The standard InChI is InChI=1S/C57H35N4O2/c1-4-14-35(15-5-1)37-28-31-48-47(32-37)42-29-26-38(33-49(42)61(48)40-18-8-3-9-19-40)41-21-12-22-44-43-30-27-39(34-52(43)63-54(41)44)56-58-55(36-16-6-2-7-17-36)59-57(60-56)46-23-13-25-51-53(46)45-20-10-11-24-50(45)62-51/h1-34,55H/q-1. The Bertz CT molecular complexity index is 3820. The molecule has 9 aromatic carbocycles. The van der Waals surface area contributed by atoms with Crippen LogP contribution in [0.15, 0.2) is 225 Å². The molecule has 0 radical (unpaired) electrons. The summed E-state index contributed by atoms with van der Waals surface area (Å²) in [5, 5.41) is 11.7. The van der Waals surface area contributed by atoms with Crippen LogP contribution >= 0.6 is 0 Å². The zero-order valence-corrected chi connectivity index (χ0v) is 33.8. The summed E-state index contributed by atoms with van der Waals surface area (Å²) in [5.41, 5.74) is 13.9. The van der Waals surface area contributed by atoms with Gasteiger partial charge in [0.25, 0.3) is 0 Å². The van der Waals surface area contributed by atoms with E-state index in [1.54, 1.807) is 0 Å². The first-order chi connectivity index (χ1) is 31.2. The van der Waals surface area contributed by atoms with Crippen molar-refractivity contribution in [1.82, 2.24) is 4.57 Å². The number of furan rings is 2. The lowest BCUT2D eigenvalue weighted by Gasteiger charge is -2.32. The predicted molar refractivity (Wildman–Crippen MR) is 258 cm³/mol. The van der Waals surface area contributed by atoms with Crippen LogP contribution in [0.2, 0.25) is 0 Å². The lowest BCUT2D eigenvalue weighted by molar-refractivity contribution is 0.669. The number of hydrogen-bond acceptors (Lipinski definition) is 4. The first kappa shape index (κ1) is 35.3. The van der Waals surface area contributed by atoms with Gasteiger partial charge in [-0.05, 0) is 82.4 Å². The fourth-order valence-electron chi connectivity index (χ4n) is 9.44. The van der Waals surface area contributed by atoms with Gasteiger partial charge in [0.05, 0.1) is 23.0 Å². The fourth-order valence-corrected chi connectivity index (χ4v) is 9.44. The van der Waals surface area contributed by atoms with E-state index in [0.29, 0.717) is 11.7 Å². The zero-order valence-electron chi connectivity index (χ0n) is 33.8. The van der Waals surface area contributed by atoms with Crippen molar-refractivity contribution in [3.05, 3.63) is 228 Å². The summed E-state index contributed by atoms with van der Waals surface area (Å²) in [6.07, 6.45) is -0.480. The molecule has 4 heterocycles. The van der Waals surface area contributed by atoms with Gasteiger partial charge in [-0.15, -0.1) is 0 Å². The topological polar surface area (TPSA) is 70.0 Å². The summed E-state index contributed by atoms with van der Waals surface area (Å²) in [5.74, 6) is 1.20. The van der Waals surface area contributed by atoms with Crippen LogP contribution in [-0.4, -0.2) is 16.2 Å². The van der Waals surface area contributed by atoms with Crippen molar-refractivity contribution in [2.24, 2.45) is 9.98 Å². The molecule has 1 aliphatic heterocycles. The third-order valence-corrected chi connectivity index (χ3v) is 12.4. The van der Waals surface area contributed by atoms with Crippen molar-refractivity contribution >= 4 is 77.4 Å². The molecule has 1 atom stereocenters. The number of aromatic nitrogens is 1. The third-order valence-electron chi connectivity index (χ3n) is 12.4. The van der Waals surface area contributed by atoms with Gasteiger partial charge in [-0.2, -0.15) is 0 Å². The van der Waals surface area contributed by atoms with E-state index in [2.05, 4.69) is 162 Å². The lowest BCUT2D eigenvalue weighted by Crippen LogP contribution is -2.16. The molecule has 1 aliphatic rings. The normalized spacial score (nSPS) is 14.2. The quantitative estimate of drug-likeness (QED) is 0.168. The number of rotatable bonds is 6. The average molecular weight is 808 g/mol. The summed E-state index contributed by atoms with van der Waals surface area (Å²) < 4.78 is 15.5. The molecule has 3 aromatic heterocycles. The number of para-hydroxylation sites is 3. The Kier molecular flexibility index (Phi) is 7.87. The highest BCUT2D eigenvalue weighted by molar-refractivity contribution is 6.25. The highest BCUT2D eigenvalue weighted by Crippen LogP contribution is 2.42. The van der Waals surface area contributed by atoms with Crippen molar-refractivity contribution in [2.75, 3.05) is 0 Å². The first-order valence-electron chi connectivity index (χ1n) is 21.2. The van der Waals surface area contributed by atoms with E-state index in [4.69, 9.17) is 24.1 Å². The van der Waals surface area contributed by atoms with Gasteiger partial charge in [0, 0.05) is 49.1 Å².